The van der Waals surface area contributed by atoms with Crippen molar-refractivity contribution in [2.75, 3.05) is 0 Å². The molecule has 1 aliphatic carbocycles. The van der Waals surface area contributed by atoms with Crippen LogP contribution in [0.4, 0.5) is 0 Å². The minimum absolute atomic E-state index is 0.501. The zero-order valence-corrected chi connectivity index (χ0v) is 13.7. The van der Waals surface area contributed by atoms with Crippen LogP contribution in [0.5, 0.6) is 0 Å². The highest BCUT2D eigenvalue weighted by molar-refractivity contribution is 6.06. The summed E-state index contributed by atoms with van der Waals surface area (Å²) < 4.78 is 0. The van der Waals surface area contributed by atoms with Crippen molar-refractivity contribution in [3.8, 4) is 0 Å². The number of rotatable bonds is 6. The molecule has 2 aromatic rings. The van der Waals surface area contributed by atoms with Crippen molar-refractivity contribution in [1.29, 1.82) is 0 Å². The van der Waals surface area contributed by atoms with E-state index in [1.165, 1.54) is 0 Å². The van der Waals surface area contributed by atoms with E-state index in [2.05, 4.69) is 10.3 Å². The van der Waals surface area contributed by atoms with Crippen LogP contribution in [0.15, 0.2) is 71.0 Å². The number of hydrogen-bond acceptors (Lipinski definition) is 4. The predicted octanol–water partition coefficient (Wildman–Crippen LogP) is 4.71. The Kier molecular flexibility index (Phi) is 6.00. The molecule has 0 aliphatic heterocycles. The Hall–Kier alpha value is -2.62. The molecule has 1 aliphatic rings. The molecule has 0 bridgehead atoms. The third kappa shape index (κ3) is 5.23. The molecule has 0 unspecified atom stereocenters. The first-order valence-corrected chi connectivity index (χ1v) is 8.33. The summed E-state index contributed by atoms with van der Waals surface area (Å²) in [5.74, 6) is 0. The zero-order valence-electron chi connectivity index (χ0n) is 13.7. The molecule has 1 saturated carbocycles. The lowest BCUT2D eigenvalue weighted by atomic mass is 9.97. The maximum absolute atomic E-state index is 5.47. The summed E-state index contributed by atoms with van der Waals surface area (Å²) in [5, 5.41) is 8.55. The van der Waals surface area contributed by atoms with Gasteiger partial charge in [-0.15, -0.1) is 0 Å². The SMILES string of the molecule is c1ccc(CON=C2CCCC(=NOCc3ccccc3)C2)cc1. The van der Waals surface area contributed by atoms with Gasteiger partial charge < -0.3 is 9.68 Å². The van der Waals surface area contributed by atoms with Crippen LogP contribution in [-0.4, -0.2) is 11.4 Å². The lowest BCUT2D eigenvalue weighted by Crippen LogP contribution is -2.15. The molecule has 0 saturated heterocycles. The Balaban J connectivity index is 1.46. The van der Waals surface area contributed by atoms with E-state index in [1.54, 1.807) is 0 Å². The second-order valence-corrected chi connectivity index (χ2v) is 5.86. The Morgan fingerprint density at radius 2 is 1.12 bits per heavy atom. The first-order valence-electron chi connectivity index (χ1n) is 8.33. The molecule has 4 heteroatoms. The maximum Gasteiger partial charge on any atom is 0.142 e. The van der Waals surface area contributed by atoms with Crippen LogP contribution < -0.4 is 0 Å². The third-order valence-corrected chi connectivity index (χ3v) is 3.87. The van der Waals surface area contributed by atoms with E-state index >= 15 is 0 Å². The largest absolute Gasteiger partial charge is 0.391 e. The molecule has 0 N–H and O–H groups in total. The van der Waals surface area contributed by atoms with Gasteiger partial charge in [-0.3, -0.25) is 0 Å². The van der Waals surface area contributed by atoms with Gasteiger partial charge in [0.2, 0.25) is 0 Å². The molecule has 0 aromatic heterocycles. The first kappa shape index (κ1) is 16.2. The van der Waals surface area contributed by atoms with Gasteiger partial charge in [-0.2, -0.15) is 0 Å². The second-order valence-electron chi connectivity index (χ2n) is 5.86. The second kappa shape index (κ2) is 8.87. The lowest BCUT2D eigenvalue weighted by molar-refractivity contribution is 0.127. The number of hydrogen-bond donors (Lipinski definition) is 0. The van der Waals surface area contributed by atoms with Crippen LogP contribution in [0.2, 0.25) is 0 Å². The van der Waals surface area contributed by atoms with Crippen molar-refractivity contribution in [1.82, 2.24) is 0 Å². The van der Waals surface area contributed by atoms with Crippen LogP contribution in [0.25, 0.3) is 0 Å². The van der Waals surface area contributed by atoms with Crippen molar-refractivity contribution >= 4 is 11.4 Å². The molecule has 1 fully saturated rings. The average Bonchev–Trinajstić information content (AvgIpc) is 2.64. The highest BCUT2D eigenvalue weighted by Crippen LogP contribution is 2.15. The van der Waals surface area contributed by atoms with Crippen molar-refractivity contribution in [2.24, 2.45) is 10.3 Å². The summed E-state index contributed by atoms with van der Waals surface area (Å²) in [6.45, 7) is 1.00. The lowest BCUT2D eigenvalue weighted by Gasteiger charge is -2.14. The molecule has 4 nitrogen and oxygen atoms in total. The summed E-state index contributed by atoms with van der Waals surface area (Å²) in [5.41, 5.74) is 4.33. The van der Waals surface area contributed by atoms with Crippen LogP contribution in [-0.2, 0) is 22.9 Å². The van der Waals surface area contributed by atoms with E-state index < -0.39 is 0 Å². The van der Waals surface area contributed by atoms with Gasteiger partial charge in [0.25, 0.3) is 0 Å². The van der Waals surface area contributed by atoms with E-state index in [-0.39, 0.29) is 0 Å². The van der Waals surface area contributed by atoms with E-state index in [0.29, 0.717) is 13.2 Å². The summed E-state index contributed by atoms with van der Waals surface area (Å²) in [7, 11) is 0. The van der Waals surface area contributed by atoms with Crippen LogP contribution in [0.1, 0.15) is 36.8 Å². The van der Waals surface area contributed by atoms with Gasteiger partial charge in [-0.25, -0.2) is 0 Å². The van der Waals surface area contributed by atoms with Gasteiger partial charge in [0.05, 0.1) is 11.4 Å². The topological polar surface area (TPSA) is 43.2 Å². The van der Waals surface area contributed by atoms with Gasteiger partial charge in [0.15, 0.2) is 0 Å². The number of oxime groups is 2. The summed E-state index contributed by atoms with van der Waals surface area (Å²) in [6, 6.07) is 20.1. The van der Waals surface area contributed by atoms with Gasteiger partial charge >= 0.3 is 0 Å². The smallest absolute Gasteiger partial charge is 0.142 e. The van der Waals surface area contributed by atoms with Gasteiger partial charge in [0.1, 0.15) is 13.2 Å². The monoisotopic (exact) mass is 322 g/mol. The number of benzene rings is 2. The quantitative estimate of drug-likeness (QED) is 0.723. The molecule has 0 heterocycles. The third-order valence-electron chi connectivity index (χ3n) is 3.87. The minimum Gasteiger partial charge on any atom is -0.391 e. The first-order chi connectivity index (χ1) is 11.9. The Morgan fingerprint density at radius 3 is 1.58 bits per heavy atom. The molecular weight excluding hydrogens is 300 g/mol. The molecule has 3 rings (SSSR count). The fourth-order valence-electron chi connectivity index (χ4n) is 2.61. The van der Waals surface area contributed by atoms with Crippen LogP contribution in [0, 0.1) is 0 Å². The average molecular weight is 322 g/mol. The van der Waals surface area contributed by atoms with Crippen LogP contribution >= 0.6 is 0 Å². The molecule has 0 spiro atoms. The van der Waals surface area contributed by atoms with Crippen molar-refractivity contribution < 1.29 is 9.68 Å². The number of nitrogens with zero attached hydrogens (tertiary/aromatic N) is 2. The Labute approximate surface area is 142 Å². The van der Waals surface area contributed by atoms with E-state index in [9.17, 15) is 0 Å². The fourth-order valence-corrected chi connectivity index (χ4v) is 2.61. The van der Waals surface area contributed by atoms with Gasteiger partial charge in [-0.1, -0.05) is 71.0 Å². The maximum atomic E-state index is 5.47. The molecule has 0 amide bonds. The molecule has 0 radical (unpaired) electrons. The highest BCUT2D eigenvalue weighted by atomic mass is 16.6. The van der Waals surface area contributed by atoms with E-state index in [0.717, 1.165) is 48.2 Å². The normalized spacial score (nSPS) is 17.8. The molecule has 2 aromatic carbocycles. The predicted molar refractivity (Wildman–Crippen MR) is 95.8 cm³/mol. The summed E-state index contributed by atoms with van der Waals surface area (Å²) in [4.78, 5) is 10.9. The fraction of sp³-hybridized carbons (Fsp3) is 0.300. The Morgan fingerprint density at radius 1 is 0.667 bits per heavy atom. The zero-order chi connectivity index (χ0) is 16.5. The van der Waals surface area contributed by atoms with Crippen molar-refractivity contribution in [3.63, 3.8) is 0 Å². The van der Waals surface area contributed by atoms with Gasteiger partial charge in [-0.05, 0) is 30.4 Å². The van der Waals surface area contributed by atoms with E-state index in [1.807, 2.05) is 60.7 Å². The Bertz CT molecular complexity index is 622. The standard InChI is InChI=1S/C20H22N2O2/c1-3-8-17(9-4-1)15-23-21-19-12-7-13-20(14-19)22-24-16-18-10-5-2-6-11-18/h1-6,8-11H,7,12-16H2. The molecule has 124 valence electrons. The van der Waals surface area contributed by atoms with Crippen molar-refractivity contribution in [2.45, 2.75) is 38.9 Å². The molecule has 24 heavy (non-hydrogen) atoms. The summed E-state index contributed by atoms with van der Waals surface area (Å²) in [6.07, 6.45) is 3.71. The van der Waals surface area contributed by atoms with E-state index in [4.69, 9.17) is 9.68 Å². The highest BCUT2D eigenvalue weighted by Gasteiger charge is 2.14. The van der Waals surface area contributed by atoms with Crippen molar-refractivity contribution in [3.05, 3.63) is 71.8 Å². The summed E-state index contributed by atoms with van der Waals surface area (Å²) >= 11 is 0. The molecular formula is C20H22N2O2. The van der Waals surface area contributed by atoms with Crippen LogP contribution in [0.3, 0.4) is 0 Å². The minimum atomic E-state index is 0.501. The van der Waals surface area contributed by atoms with Gasteiger partial charge in [0, 0.05) is 6.42 Å². The molecule has 0 atom stereocenters.